The molecule has 2 aromatic rings. The monoisotopic (exact) mass is 137 g/mol. The van der Waals surface area contributed by atoms with Gasteiger partial charge in [0.15, 0.2) is 0 Å². The van der Waals surface area contributed by atoms with Gasteiger partial charge < -0.3 is 10.2 Å². The van der Waals surface area contributed by atoms with Crippen molar-refractivity contribution in [3.8, 4) is 0 Å². The Morgan fingerprint density at radius 2 is 1.50 bits per heavy atom. The molecule has 0 aliphatic heterocycles. The lowest BCUT2D eigenvalue weighted by molar-refractivity contribution is 0.675. The highest BCUT2D eigenvalue weighted by Gasteiger charge is 1.91. The van der Waals surface area contributed by atoms with Gasteiger partial charge in [-0.1, -0.05) is 6.92 Å². The van der Waals surface area contributed by atoms with E-state index in [9.17, 15) is 0 Å². The first-order valence-electron chi connectivity index (χ1n) is 3.34. The summed E-state index contributed by atoms with van der Waals surface area (Å²) in [6.07, 6.45) is 0. The summed E-state index contributed by atoms with van der Waals surface area (Å²) >= 11 is 0. The van der Waals surface area contributed by atoms with Gasteiger partial charge in [-0.3, -0.25) is 0 Å². The van der Waals surface area contributed by atoms with Crippen LogP contribution >= 0.6 is 0 Å². The zero-order valence-electron chi connectivity index (χ0n) is 6.00. The van der Waals surface area contributed by atoms with Gasteiger partial charge in [-0.25, -0.2) is 0 Å². The van der Waals surface area contributed by atoms with Gasteiger partial charge >= 0.3 is 0 Å². The minimum atomic E-state index is 0.750. The van der Waals surface area contributed by atoms with E-state index in [-0.39, 0.29) is 0 Å². The van der Waals surface area contributed by atoms with Gasteiger partial charge in [0.25, 0.3) is 0 Å². The molecule has 0 amide bonds. The fourth-order valence-corrected chi connectivity index (χ4v) is 0.712. The third-order valence-electron chi connectivity index (χ3n) is 1.06. The number of benzene rings is 1. The highest BCUT2D eigenvalue weighted by Crippen LogP contribution is 2.13. The Balaban J connectivity index is 0.000000148. The topological polar surface area (TPSA) is 39.2 Å². The van der Waals surface area contributed by atoms with E-state index in [1.54, 1.807) is 0 Å². The first kappa shape index (κ1) is 7.09. The molecule has 0 spiro atoms. The van der Waals surface area contributed by atoms with E-state index in [1.807, 2.05) is 31.2 Å². The molecule has 0 radical (unpaired) electrons. The normalized spacial score (nSPS) is 9.40. The van der Waals surface area contributed by atoms with Gasteiger partial charge in [0.2, 0.25) is 0 Å². The summed E-state index contributed by atoms with van der Waals surface area (Å²) in [5, 5.41) is 0. The zero-order chi connectivity index (χ0) is 7.40. The first-order chi connectivity index (χ1) is 4.86. The van der Waals surface area contributed by atoms with Crippen molar-refractivity contribution in [1.82, 2.24) is 0 Å². The fraction of sp³-hybridized carbons (Fsp3) is 0.250. The van der Waals surface area contributed by atoms with Crippen LogP contribution in [0.25, 0.3) is 11.2 Å². The second-order valence-electron chi connectivity index (χ2n) is 1.98. The molecule has 0 aromatic carbocycles. The second-order valence-corrected chi connectivity index (χ2v) is 1.98. The van der Waals surface area contributed by atoms with Crippen LogP contribution in [0.5, 0.6) is 0 Å². The molecule has 2 heterocycles. The van der Waals surface area contributed by atoms with Crippen molar-refractivity contribution in [3.05, 3.63) is 24.3 Å². The average Bonchev–Trinajstić information content (AvgIpc) is 2.49. The molecule has 0 fully saturated rings. The fourth-order valence-electron chi connectivity index (χ4n) is 0.712. The van der Waals surface area contributed by atoms with Crippen molar-refractivity contribution < 1.29 is 4.42 Å². The van der Waals surface area contributed by atoms with E-state index in [4.69, 9.17) is 10.2 Å². The highest BCUT2D eigenvalue weighted by atomic mass is 16.3. The lowest BCUT2D eigenvalue weighted by Gasteiger charge is -1.60. The van der Waals surface area contributed by atoms with Crippen molar-refractivity contribution in [3.63, 3.8) is 0 Å². The molecule has 0 atom stereocenters. The maximum Gasteiger partial charge on any atom is 0.127 e. The predicted molar refractivity (Wildman–Crippen MR) is 42.1 cm³/mol. The number of nitrogens with two attached hydrogens (primary N) is 1. The van der Waals surface area contributed by atoms with Crippen LogP contribution in [0.4, 0.5) is 0 Å². The Bertz CT molecular complexity index is 218. The van der Waals surface area contributed by atoms with Gasteiger partial charge in [0.05, 0.1) is 0 Å². The minimum Gasteiger partial charge on any atom is -0.457 e. The Hall–Kier alpha value is -1.02. The maximum absolute atomic E-state index is 5.08. The number of furan rings is 2. The summed E-state index contributed by atoms with van der Waals surface area (Å²) in [7, 11) is 0. The molecular weight excluding hydrogens is 126 g/mol. The molecule has 0 saturated carbocycles. The average molecular weight is 137 g/mol. The highest BCUT2D eigenvalue weighted by molar-refractivity contribution is 5.59. The molecule has 10 heavy (non-hydrogen) atoms. The molecule has 2 aromatic heterocycles. The lowest BCUT2D eigenvalue weighted by Crippen LogP contribution is -1.87. The lowest BCUT2D eigenvalue weighted by atomic mass is 10.4. The van der Waals surface area contributed by atoms with Crippen molar-refractivity contribution >= 4 is 11.2 Å². The van der Waals surface area contributed by atoms with Crippen LogP contribution in [0.2, 0.25) is 0 Å². The molecule has 2 rings (SSSR count). The van der Waals surface area contributed by atoms with Gasteiger partial charge in [-0.2, -0.15) is 0 Å². The third-order valence-corrected chi connectivity index (χ3v) is 1.06. The van der Waals surface area contributed by atoms with Crippen molar-refractivity contribution in [1.29, 1.82) is 0 Å². The molecule has 0 aliphatic carbocycles. The van der Waals surface area contributed by atoms with Crippen LogP contribution in [0.1, 0.15) is 6.92 Å². The SMILES string of the molecule is CCN.c1cc2ccc1o2. The van der Waals surface area contributed by atoms with Gasteiger partial charge in [-0.15, -0.1) is 0 Å². The van der Waals surface area contributed by atoms with E-state index in [0.29, 0.717) is 0 Å². The van der Waals surface area contributed by atoms with Gasteiger partial charge in [0.1, 0.15) is 11.2 Å². The Morgan fingerprint density at radius 3 is 1.60 bits per heavy atom. The first-order valence-corrected chi connectivity index (χ1v) is 3.34. The smallest absolute Gasteiger partial charge is 0.127 e. The zero-order valence-corrected chi connectivity index (χ0v) is 6.00. The Morgan fingerprint density at radius 1 is 1.20 bits per heavy atom. The van der Waals surface area contributed by atoms with Gasteiger partial charge in [-0.05, 0) is 30.8 Å². The summed E-state index contributed by atoms with van der Waals surface area (Å²) in [6, 6.07) is 7.81. The van der Waals surface area contributed by atoms with Crippen LogP contribution < -0.4 is 5.73 Å². The molecule has 0 saturated heterocycles. The minimum absolute atomic E-state index is 0.750. The van der Waals surface area contributed by atoms with E-state index >= 15 is 0 Å². The Labute approximate surface area is 60.0 Å². The molecule has 0 aliphatic rings. The number of hydrogen-bond acceptors (Lipinski definition) is 2. The molecule has 54 valence electrons. The van der Waals surface area contributed by atoms with Crippen LogP contribution in [0.15, 0.2) is 28.7 Å². The van der Waals surface area contributed by atoms with Crippen LogP contribution in [-0.2, 0) is 0 Å². The second kappa shape index (κ2) is 3.22. The van der Waals surface area contributed by atoms with Crippen LogP contribution in [0, 0.1) is 0 Å². The molecule has 2 heteroatoms. The summed E-state index contributed by atoms with van der Waals surface area (Å²) in [5.74, 6) is 0. The number of fused-ring (bicyclic) bond motifs is 2. The van der Waals surface area contributed by atoms with Crippen molar-refractivity contribution in [2.75, 3.05) is 6.54 Å². The van der Waals surface area contributed by atoms with Gasteiger partial charge in [0, 0.05) is 0 Å². The Kier molecular flexibility index (Phi) is 2.29. The summed E-state index contributed by atoms with van der Waals surface area (Å²) in [4.78, 5) is 0. The molecule has 2 bridgehead atoms. The predicted octanol–water partition coefficient (Wildman–Crippen LogP) is 1.84. The van der Waals surface area contributed by atoms with Crippen molar-refractivity contribution in [2.45, 2.75) is 6.92 Å². The molecule has 0 unspecified atom stereocenters. The summed E-state index contributed by atoms with van der Waals surface area (Å²) < 4.78 is 5.08. The molecule has 2 N–H and O–H groups in total. The largest absolute Gasteiger partial charge is 0.457 e. The summed E-state index contributed by atoms with van der Waals surface area (Å²) in [5.41, 5.74) is 6.78. The summed E-state index contributed by atoms with van der Waals surface area (Å²) in [6.45, 7) is 2.65. The number of rotatable bonds is 0. The maximum atomic E-state index is 5.08. The molecular formula is C8H11NO. The van der Waals surface area contributed by atoms with Crippen LogP contribution in [-0.4, -0.2) is 6.54 Å². The van der Waals surface area contributed by atoms with Crippen molar-refractivity contribution in [2.24, 2.45) is 5.73 Å². The van der Waals surface area contributed by atoms with E-state index in [2.05, 4.69) is 0 Å². The quantitative estimate of drug-likeness (QED) is 0.601. The number of hydrogen-bond donors (Lipinski definition) is 1. The van der Waals surface area contributed by atoms with E-state index in [1.165, 1.54) is 0 Å². The van der Waals surface area contributed by atoms with E-state index in [0.717, 1.165) is 17.7 Å². The molecule has 2 nitrogen and oxygen atoms in total. The standard InChI is InChI=1S/C6H4O.C2H7N/c1-2-6-4-3-5(1)7-6;1-2-3/h1-4H;2-3H2,1H3. The van der Waals surface area contributed by atoms with Crippen LogP contribution in [0.3, 0.4) is 0 Å². The third kappa shape index (κ3) is 1.48. The van der Waals surface area contributed by atoms with E-state index < -0.39 is 0 Å².